The minimum absolute atomic E-state index is 0.00994. The lowest BCUT2D eigenvalue weighted by Crippen LogP contribution is -2.31. The van der Waals surface area contributed by atoms with Crippen LogP contribution < -0.4 is 10.1 Å². The summed E-state index contributed by atoms with van der Waals surface area (Å²) in [6, 6.07) is 7.61. The number of aliphatic hydroxyl groups is 1. The Balaban J connectivity index is 2.42. The maximum atomic E-state index is 11.7. The van der Waals surface area contributed by atoms with Crippen LogP contribution in [0.5, 0.6) is 5.75 Å². The van der Waals surface area contributed by atoms with Crippen molar-refractivity contribution in [2.75, 3.05) is 20.3 Å². The number of thioether (sulfide) groups is 1. The fourth-order valence-corrected chi connectivity index (χ4v) is 2.24. The lowest BCUT2D eigenvalue weighted by atomic mass is 10.3. The van der Waals surface area contributed by atoms with Gasteiger partial charge in [0.1, 0.15) is 5.75 Å². The predicted octanol–water partition coefficient (Wildman–Crippen LogP) is 1.67. The summed E-state index contributed by atoms with van der Waals surface area (Å²) in [6.07, 6.45) is 0.589. The van der Waals surface area contributed by atoms with E-state index in [0.717, 1.165) is 10.6 Å². The number of nitrogens with one attached hydrogen (secondary N) is 1. The van der Waals surface area contributed by atoms with Gasteiger partial charge in [0.05, 0.1) is 12.4 Å². The van der Waals surface area contributed by atoms with Gasteiger partial charge in [0.25, 0.3) is 0 Å². The number of carbonyl (C=O) groups is 1. The molecule has 0 saturated carbocycles. The molecule has 1 aromatic rings. The van der Waals surface area contributed by atoms with Crippen LogP contribution in [0.4, 0.5) is 0 Å². The van der Waals surface area contributed by atoms with Gasteiger partial charge in [0, 0.05) is 18.0 Å². The zero-order valence-corrected chi connectivity index (χ0v) is 11.5. The third kappa shape index (κ3) is 4.98. The van der Waals surface area contributed by atoms with Gasteiger partial charge in [-0.15, -0.1) is 11.8 Å². The molecule has 0 bridgehead atoms. The molecule has 5 heteroatoms. The summed E-state index contributed by atoms with van der Waals surface area (Å²) in [5.74, 6) is 0.795. The topological polar surface area (TPSA) is 58.6 Å². The van der Waals surface area contributed by atoms with Gasteiger partial charge < -0.3 is 15.2 Å². The van der Waals surface area contributed by atoms with Crippen molar-refractivity contribution in [2.45, 2.75) is 23.5 Å². The Morgan fingerprint density at radius 1 is 1.44 bits per heavy atom. The Labute approximate surface area is 112 Å². The second-order valence-electron chi connectivity index (χ2n) is 3.80. The molecule has 1 amide bonds. The van der Waals surface area contributed by atoms with Gasteiger partial charge in [0.15, 0.2) is 0 Å². The second-order valence-corrected chi connectivity index (χ2v) is 5.22. The molecule has 0 spiro atoms. The van der Waals surface area contributed by atoms with Gasteiger partial charge in [-0.1, -0.05) is 0 Å². The van der Waals surface area contributed by atoms with Crippen molar-refractivity contribution in [1.29, 1.82) is 0 Å². The van der Waals surface area contributed by atoms with Gasteiger partial charge in [0.2, 0.25) is 5.91 Å². The van der Waals surface area contributed by atoms with E-state index < -0.39 is 0 Å². The number of hydrogen-bond acceptors (Lipinski definition) is 4. The molecular formula is C13H19NO3S. The Morgan fingerprint density at radius 3 is 2.67 bits per heavy atom. The van der Waals surface area contributed by atoms with Crippen LogP contribution in [0.2, 0.25) is 0 Å². The molecule has 0 fully saturated rings. The molecule has 0 heterocycles. The van der Waals surface area contributed by atoms with Crippen molar-refractivity contribution in [1.82, 2.24) is 5.32 Å². The van der Waals surface area contributed by atoms with Crippen molar-refractivity contribution in [3.05, 3.63) is 24.3 Å². The molecule has 1 aromatic carbocycles. The second kappa shape index (κ2) is 8.00. The lowest BCUT2D eigenvalue weighted by molar-refractivity contribution is -0.120. The van der Waals surface area contributed by atoms with E-state index in [1.807, 2.05) is 31.2 Å². The molecule has 0 aliphatic carbocycles. The van der Waals surface area contributed by atoms with Gasteiger partial charge in [-0.2, -0.15) is 0 Å². The van der Waals surface area contributed by atoms with Crippen molar-refractivity contribution in [3.63, 3.8) is 0 Å². The summed E-state index contributed by atoms with van der Waals surface area (Å²) < 4.78 is 5.07. The lowest BCUT2D eigenvalue weighted by Gasteiger charge is -2.11. The first-order valence-electron chi connectivity index (χ1n) is 5.86. The van der Waals surface area contributed by atoms with Crippen LogP contribution in [0.3, 0.4) is 0 Å². The first kappa shape index (κ1) is 14.9. The smallest absolute Gasteiger partial charge is 0.233 e. The average molecular weight is 269 g/mol. The van der Waals surface area contributed by atoms with E-state index in [9.17, 15) is 4.79 Å². The summed E-state index contributed by atoms with van der Waals surface area (Å²) in [7, 11) is 1.62. The minimum atomic E-state index is -0.155. The molecule has 0 radical (unpaired) electrons. The fraction of sp³-hybridized carbons (Fsp3) is 0.462. The van der Waals surface area contributed by atoms with E-state index in [1.54, 1.807) is 7.11 Å². The van der Waals surface area contributed by atoms with Crippen molar-refractivity contribution < 1.29 is 14.6 Å². The van der Waals surface area contributed by atoms with E-state index in [1.165, 1.54) is 11.8 Å². The molecule has 0 saturated heterocycles. The molecule has 1 atom stereocenters. The highest BCUT2D eigenvalue weighted by Gasteiger charge is 2.13. The summed E-state index contributed by atoms with van der Waals surface area (Å²) in [6.45, 7) is 2.48. The first-order chi connectivity index (χ1) is 8.67. The molecule has 4 nitrogen and oxygen atoms in total. The molecule has 0 aliphatic rings. The number of carbonyl (C=O) groups excluding carboxylic acids is 1. The molecule has 2 N–H and O–H groups in total. The van der Waals surface area contributed by atoms with Crippen molar-refractivity contribution in [2.24, 2.45) is 0 Å². The Kier molecular flexibility index (Phi) is 6.60. The van der Waals surface area contributed by atoms with Gasteiger partial charge in [-0.3, -0.25) is 4.79 Å². The summed E-state index contributed by atoms with van der Waals surface area (Å²) in [5.41, 5.74) is 0. The molecule has 1 unspecified atom stereocenters. The highest BCUT2D eigenvalue weighted by Crippen LogP contribution is 2.25. The van der Waals surface area contributed by atoms with E-state index in [2.05, 4.69) is 5.32 Å². The summed E-state index contributed by atoms with van der Waals surface area (Å²) in [4.78, 5) is 12.7. The summed E-state index contributed by atoms with van der Waals surface area (Å²) in [5, 5.41) is 11.3. The van der Waals surface area contributed by atoms with Gasteiger partial charge in [-0.05, 0) is 37.6 Å². The Morgan fingerprint density at radius 2 is 2.11 bits per heavy atom. The number of ether oxygens (including phenoxy) is 1. The van der Waals surface area contributed by atoms with E-state index in [4.69, 9.17) is 9.84 Å². The summed E-state index contributed by atoms with van der Waals surface area (Å²) >= 11 is 1.50. The zero-order valence-electron chi connectivity index (χ0n) is 10.7. The third-order valence-electron chi connectivity index (χ3n) is 2.38. The van der Waals surface area contributed by atoms with E-state index >= 15 is 0 Å². The van der Waals surface area contributed by atoms with Gasteiger partial charge in [-0.25, -0.2) is 0 Å². The number of aliphatic hydroxyl groups excluding tert-OH is 1. The number of amides is 1. The number of hydrogen-bond donors (Lipinski definition) is 2. The Hall–Kier alpha value is -1.20. The standard InChI is InChI=1S/C13H19NO3S/c1-10(13(16)14-8-3-9-15)18-12-6-4-11(17-2)5-7-12/h4-7,10,15H,3,8-9H2,1-2H3,(H,14,16). The predicted molar refractivity (Wildman–Crippen MR) is 73.0 cm³/mol. The van der Waals surface area contributed by atoms with E-state index in [0.29, 0.717) is 13.0 Å². The average Bonchev–Trinajstić information content (AvgIpc) is 2.39. The molecule has 0 aliphatic heterocycles. The number of rotatable bonds is 7. The largest absolute Gasteiger partial charge is 0.497 e. The van der Waals surface area contributed by atoms with Crippen LogP contribution in [0.15, 0.2) is 29.2 Å². The first-order valence-corrected chi connectivity index (χ1v) is 6.74. The van der Waals surface area contributed by atoms with Gasteiger partial charge >= 0.3 is 0 Å². The fourth-order valence-electron chi connectivity index (χ4n) is 1.35. The Bertz CT molecular complexity index is 367. The SMILES string of the molecule is COc1ccc(SC(C)C(=O)NCCCO)cc1. The zero-order chi connectivity index (χ0) is 13.4. The highest BCUT2D eigenvalue weighted by molar-refractivity contribution is 8.00. The van der Waals surface area contributed by atoms with Crippen LogP contribution in [0, 0.1) is 0 Å². The maximum Gasteiger partial charge on any atom is 0.233 e. The normalized spacial score (nSPS) is 11.9. The maximum absolute atomic E-state index is 11.7. The van der Waals surface area contributed by atoms with Crippen molar-refractivity contribution in [3.8, 4) is 5.75 Å². The quantitative estimate of drug-likeness (QED) is 0.584. The van der Waals surface area contributed by atoms with Crippen LogP contribution in [-0.2, 0) is 4.79 Å². The van der Waals surface area contributed by atoms with E-state index in [-0.39, 0.29) is 17.8 Å². The number of benzene rings is 1. The third-order valence-corrected chi connectivity index (χ3v) is 3.49. The minimum Gasteiger partial charge on any atom is -0.497 e. The highest BCUT2D eigenvalue weighted by atomic mass is 32.2. The monoisotopic (exact) mass is 269 g/mol. The van der Waals surface area contributed by atoms with Crippen LogP contribution >= 0.6 is 11.8 Å². The molecular weight excluding hydrogens is 250 g/mol. The van der Waals surface area contributed by atoms with Crippen LogP contribution in [0.1, 0.15) is 13.3 Å². The van der Waals surface area contributed by atoms with Crippen LogP contribution in [0.25, 0.3) is 0 Å². The molecule has 0 aromatic heterocycles. The molecule has 18 heavy (non-hydrogen) atoms. The number of methoxy groups -OCH3 is 1. The van der Waals surface area contributed by atoms with Crippen LogP contribution in [-0.4, -0.2) is 36.5 Å². The van der Waals surface area contributed by atoms with Crippen molar-refractivity contribution >= 4 is 17.7 Å². The molecule has 1 rings (SSSR count). The molecule has 100 valence electrons.